The number of nitrogens with zero attached hydrogens (tertiary/aromatic N) is 3. The highest BCUT2D eigenvalue weighted by molar-refractivity contribution is 9.10. The maximum absolute atomic E-state index is 4.45. The van der Waals surface area contributed by atoms with Crippen molar-refractivity contribution >= 4 is 21.7 Å². The van der Waals surface area contributed by atoms with Crippen LogP contribution >= 0.6 is 15.9 Å². The molecule has 1 aliphatic rings. The van der Waals surface area contributed by atoms with Crippen LogP contribution in [0.4, 0.5) is 5.82 Å². The molecule has 0 saturated carbocycles. The lowest BCUT2D eigenvalue weighted by Gasteiger charge is -2.22. The van der Waals surface area contributed by atoms with Gasteiger partial charge in [0, 0.05) is 18.7 Å². The van der Waals surface area contributed by atoms with Gasteiger partial charge in [-0.05, 0) is 42.6 Å². The van der Waals surface area contributed by atoms with Gasteiger partial charge in [0.05, 0.1) is 0 Å². The van der Waals surface area contributed by atoms with Crippen molar-refractivity contribution in [3.05, 3.63) is 16.5 Å². The van der Waals surface area contributed by atoms with E-state index in [9.17, 15) is 0 Å². The molecule has 1 fully saturated rings. The van der Waals surface area contributed by atoms with E-state index in [-0.39, 0.29) is 0 Å². The van der Waals surface area contributed by atoms with Crippen LogP contribution in [-0.2, 0) is 0 Å². The van der Waals surface area contributed by atoms with Crippen LogP contribution in [0.5, 0.6) is 0 Å². The third-order valence-corrected chi connectivity index (χ3v) is 3.05. The second-order valence-electron chi connectivity index (χ2n) is 3.78. The molecule has 2 heterocycles. The van der Waals surface area contributed by atoms with Gasteiger partial charge in [-0.15, -0.1) is 0 Å². The number of anilines is 1. The summed E-state index contributed by atoms with van der Waals surface area (Å²) in [5.41, 5.74) is 0. The standard InChI is InChI=1S/C10H14BrN3/c1-7-4-3-5-14(7)10-6-9(11)12-8(2)13-10/h6-7H,3-5H2,1-2H3. The lowest BCUT2D eigenvalue weighted by atomic mass is 10.2. The third kappa shape index (κ3) is 1.90. The summed E-state index contributed by atoms with van der Waals surface area (Å²) in [6.07, 6.45) is 2.53. The molecule has 0 amide bonds. The van der Waals surface area contributed by atoms with Crippen molar-refractivity contribution in [1.82, 2.24) is 9.97 Å². The Balaban J connectivity index is 2.31. The van der Waals surface area contributed by atoms with E-state index in [1.54, 1.807) is 0 Å². The van der Waals surface area contributed by atoms with Gasteiger partial charge in [0.15, 0.2) is 0 Å². The molecule has 1 unspecified atom stereocenters. The zero-order valence-corrected chi connectivity index (χ0v) is 10.1. The van der Waals surface area contributed by atoms with Crippen molar-refractivity contribution in [1.29, 1.82) is 0 Å². The first kappa shape index (κ1) is 9.90. The summed E-state index contributed by atoms with van der Waals surface area (Å²) in [6, 6.07) is 2.60. The highest BCUT2D eigenvalue weighted by Gasteiger charge is 2.21. The van der Waals surface area contributed by atoms with Gasteiger partial charge >= 0.3 is 0 Å². The quantitative estimate of drug-likeness (QED) is 0.723. The fourth-order valence-electron chi connectivity index (χ4n) is 1.94. The monoisotopic (exact) mass is 255 g/mol. The minimum absolute atomic E-state index is 0.608. The van der Waals surface area contributed by atoms with E-state index in [1.165, 1.54) is 12.8 Å². The number of aromatic nitrogens is 2. The van der Waals surface area contributed by atoms with E-state index in [1.807, 2.05) is 13.0 Å². The first-order valence-electron chi connectivity index (χ1n) is 4.94. The summed E-state index contributed by atoms with van der Waals surface area (Å²) in [6.45, 7) is 5.29. The van der Waals surface area contributed by atoms with Crippen LogP contribution in [0.1, 0.15) is 25.6 Å². The highest BCUT2D eigenvalue weighted by atomic mass is 79.9. The van der Waals surface area contributed by atoms with Crippen LogP contribution in [0.25, 0.3) is 0 Å². The van der Waals surface area contributed by atoms with Gasteiger partial charge in [0.1, 0.15) is 16.2 Å². The Morgan fingerprint density at radius 3 is 2.86 bits per heavy atom. The molecule has 1 aromatic rings. The SMILES string of the molecule is Cc1nc(Br)cc(N2CCCC2C)n1. The average molecular weight is 256 g/mol. The topological polar surface area (TPSA) is 29.0 Å². The normalized spacial score (nSPS) is 21.6. The predicted octanol–water partition coefficient (Wildman–Crippen LogP) is 2.54. The molecule has 1 aromatic heterocycles. The van der Waals surface area contributed by atoms with Crippen molar-refractivity contribution < 1.29 is 0 Å². The second-order valence-corrected chi connectivity index (χ2v) is 4.59. The van der Waals surface area contributed by atoms with Gasteiger partial charge in [-0.1, -0.05) is 0 Å². The third-order valence-electron chi connectivity index (χ3n) is 2.64. The number of rotatable bonds is 1. The zero-order chi connectivity index (χ0) is 10.1. The summed E-state index contributed by atoms with van der Waals surface area (Å²) in [5.74, 6) is 1.88. The second kappa shape index (κ2) is 3.85. The van der Waals surface area contributed by atoms with E-state index in [2.05, 4.69) is 37.7 Å². The lowest BCUT2D eigenvalue weighted by Crippen LogP contribution is -2.27. The lowest BCUT2D eigenvalue weighted by molar-refractivity contribution is 0.723. The molecule has 0 aliphatic carbocycles. The fourth-order valence-corrected chi connectivity index (χ4v) is 2.40. The Kier molecular flexibility index (Phi) is 2.72. The van der Waals surface area contributed by atoms with Gasteiger partial charge in [-0.25, -0.2) is 9.97 Å². The zero-order valence-electron chi connectivity index (χ0n) is 8.50. The molecule has 76 valence electrons. The molecule has 0 bridgehead atoms. The molecule has 0 N–H and O–H groups in total. The molecular formula is C10H14BrN3. The summed E-state index contributed by atoms with van der Waals surface area (Å²) < 4.78 is 0.874. The first-order chi connectivity index (χ1) is 6.66. The Morgan fingerprint density at radius 1 is 1.50 bits per heavy atom. The number of halogens is 1. The average Bonchev–Trinajstić information content (AvgIpc) is 2.49. The largest absolute Gasteiger partial charge is 0.354 e. The number of aryl methyl sites for hydroxylation is 1. The first-order valence-corrected chi connectivity index (χ1v) is 5.74. The molecule has 0 radical (unpaired) electrons. The van der Waals surface area contributed by atoms with E-state index < -0.39 is 0 Å². The van der Waals surface area contributed by atoms with Crippen molar-refractivity contribution in [2.24, 2.45) is 0 Å². The summed E-state index contributed by atoms with van der Waals surface area (Å²) in [5, 5.41) is 0. The van der Waals surface area contributed by atoms with E-state index >= 15 is 0 Å². The molecule has 4 heteroatoms. The van der Waals surface area contributed by atoms with Crippen molar-refractivity contribution in [2.45, 2.75) is 32.7 Å². The molecule has 1 atom stereocenters. The van der Waals surface area contributed by atoms with Crippen LogP contribution in [0.15, 0.2) is 10.7 Å². The molecule has 3 nitrogen and oxygen atoms in total. The van der Waals surface area contributed by atoms with Crippen LogP contribution < -0.4 is 4.90 Å². The molecule has 1 saturated heterocycles. The van der Waals surface area contributed by atoms with Gasteiger partial charge in [-0.3, -0.25) is 0 Å². The maximum Gasteiger partial charge on any atom is 0.133 e. The molecular weight excluding hydrogens is 242 g/mol. The minimum atomic E-state index is 0.608. The summed E-state index contributed by atoms with van der Waals surface area (Å²) in [7, 11) is 0. The minimum Gasteiger partial charge on any atom is -0.354 e. The molecule has 0 spiro atoms. The molecule has 0 aromatic carbocycles. The van der Waals surface area contributed by atoms with Crippen LogP contribution in [0, 0.1) is 6.92 Å². The van der Waals surface area contributed by atoms with Crippen LogP contribution in [-0.4, -0.2) is 22.6 Å². The van der Waals surface area contributed by atoms with Gasteiger partial charge in [0.2, 0.25) is 0 Å². The Labute approximate surface area is 92.7 Å². The number of hydrogen-bond acceptors (Lipinski definition) is 3. The maximum atomic E-state index is 4.45. The highest BCUT2D eigenvalue weighted by Crippen LogP contribution is 2.25. The Hall–Kier alpha value is -0.640. The molecule has 2 rings (SSSR count). The molecule has 1 aliphatic heterocycles. The van der Waals surface area contributed by atoms with E-state index in [4.69, 9.17) is 0 Å². The van der Waals surface area contributed by atoms with Crippen LogP contribution in [0.2, 0.25) is 0 Å². The van der Waals surface area contributed by atoms with Gasteiger partial charge in [-0.2, -0.15) is 0 Å². The van der Waals surface area contributed by atoms with Gasteiger partial charge < -0.3 is 4.90 Å². The van der Waals surface area contributed by atoms with E-state index in [0.717, 1.165) is 22.8 Å². The number of hydrogen-bond donors (Lipinski definition) is 0. The van der Waals surface area contributed by atoms with E-state index in [0.29, 0.717) is 6.04 Å². The van der Waals surface area contributed by atoms with Gasteiger partial charge in [0.25, 0.3) is 0 Å². The molecule has 14 heavy (non-hydrogen) atoms. The van der Waals surface area contributed by atoms with Crippen molar-refractivity contribution in [3.63, 3.8) is 0 Å². The predicted molar refractivity (Wildman–Crippen MR) is 60.5 cm³/mol. The van der Waals surface area contributed by atoms with Crippen molar-refractivity contribution in [3.8, 4) is 0 Å². The van der Waals surface area contributed by atoms with Crippen molar-refractivity contribution in [2.75, 3.05) is 11.4 Å². The Morgan fingerprint density at radius 2 is 2.29 bits per heavy atom. The smallest absolute Gasteiger partial charge is 0.133 e. The Bertz CT molecular complexity index is 320. The fraction of sp³-hybridized carbons (Fsp3) is 0.600. The van der Waals surface area contributed by atoms with Crippen LogP contribution in [0.3, 0.4) is 0 Å². The summed E-state index contributed by atoms with van der Waals surface area (Å²) >= 11 is 3.40. The summed E-state index contributed by atoms with van der Waals surface area (Å²) in [4.78, 5) is 11.0.